The lowest BCUT2D eigenvalue weighted by atomic mass is 10.3. The van der Waals surface area contributed by atoms with Crippen molar-refractivity contribution in [3.05, 3.63) is 56.9 Å². The van der Waals surface area contributed by atoms with E-state index in [9.17, 15) is 4.79 Å². The zero-order chi connectivity index (χ0) is 11.5. The number of benzene rings is 1. The van der Waals surface area contributed by atoms with Crippen LogP contribution in [0.1, 0.15) is 0 Å². The summed E-state index contributed by atoms with van der Waals surface area (Å²) < 4.78 is 5.46. The van der Waals surface area contributed by atoms with Gasteiger partial charge in [-0.3, -0.25) is 4.79 Å². The molecule has 1 N–H and O–H groups in total. The van der Waals surface area contributed by atoms with Crippen molar-refractivity contribution in [3.63, 3.8) is 0 Å². The van der Waals surface area contributed by atoms with Gasteiger partial charge in [-0.25, -0.2) is 0 Å². The first-order valence-corrected chi connectivity index (χ1v) is 5.22. The van der Waals surface area contributed by atoms with Crippen LogP contribution in [0.3, 0.4) is 0 Å². The Morgan fingerprint density at radius 2 is 1.69 bits per heavy atom. The molecule has 2 rings (SSSR count). The Kier molecular flexibility index (Phi) is 3.17. The number of aromatic amines is 1. The number of H-pyrrole nitrogens is 1. The molecule has 0 unspecified atom stereocenters. The normalized spacial score (nSPS) is 10.1. The molecule has 0 fully saturated rings. The van der Waals surface area contributed by atoms with Crippen LogP contribution in [0.5, 0.6) is 11.5 Å². The van der Waals surface area contributed by atoms with E-state index >= 15 is 0 Å². The summed E-state index contributed by atoms with van der Waals surface area (Å²) in [6, 6.07) is 7.83. The number of hydrogen-bond donors (Lipinski definition) is 1. The third-order valence-corrected chi connectivity index (χ3v) is 2.26. The van der Waals surface area contributed by atoms with Crippen molar-refractivity contribution in [2.75, 3.05) is 0 Å². The molecule has 0 bridgehead atoms. The highest BCUT2D eigenvalue weighted by Crippen LogP contribution is 2.27. The Morgan fingerprint density at radius 3 is 2.25 bits per heavy atom. The summed E-state index contributed by atoms with van der Waals surface area (Å²) in [4.78, 5) is 13.3. The summed E-state index contributed by atoms with van der Waals surface area (Å²) in [5, 5.41) is 0.985. The monoisotopic (exact) mass is 255 g/mol. The average Bonchev–Trinajstić information content (AvgIpc) is 2.20. The first-order chi connectivity index (χ1) is 7.63. The smallest absolute Gasteiger partial charge is 0.248 e. The Morgan fingerprint density at radius 1 is 1.00 bits per heavy atom. The van der Waals surface area contributed by atoms with Crippen molar-refractivity contribution in [3.8, 4) is 11.5 Å². The number of hydrogen-bond acceptors (Lipinski definition) is 2. The molecule has 0 spiro atoms. The van der Waals surface area contributed by atoms with Gasteiger partial charge in [-0.2, -0.15) is 0 Å². The van der Waals surface area contributed by atoms with E-state index in [0.29, 0.717) is 21.5 Å². The Balaban J connectivity index is 2.26. The summed E-state index contributed by atoms with van der Waals surface area (Å²) in [7, 11) is 0. The van der Waals surface area contributed by atoms with Crippen molar-refractivity contribution in [2.24, 2.45) is 0 Å². The highest BCUT2D eigenvalue weighted by Gasteiger charge is 2.00. The number of ether oxygens (including phenoxy) is 1. The van der Waals surface area contributed by atoms with Gasteiger partial charge in [0, 0.05) is 22.3 Å². The lowest BCUT2D eigenvalue weighted by molar-refractivity contribution is 0.480. The Labute approximate surface area is 102 Å². The summed E-state index contributed by atoms with van der Waals surface area (Å²) in [6.07, 6.45) is 1.47. The molecule has 2 aromatic rings. The van der Waals surface area contributed by atoms with Crippen LogP contribution in [0.2, 0.25) is 10.0 Å². The fourth-order valence-electron chi connectivity index (χ4n) is 1.18. The number of halogens is 2. The molecular weight excluding hydrogens is 249 g/mol. The van der Waals surface area contributed by atoms with Gasteiger partial charge < -0.3 is 9.72 Å². The van der Waals surface area contributed by atoms with E-state index in [-0.39, 0.29) is 5.56 Å². The van der Waals surface area contributed by atoms with Gasteiger partial charge >= 0.3 is 0 Å². The molecule has 82 valence electrons. The summed E-state index contributed by atoms with van der Waals surface area (Å²) >= 11 is 11.6. The van der Waals surface area contributed by atoms with Crippen molar-refractivity contribution in [2.45, 2.75) is 0 Å². The van der Waals surface area contributed by atoms with Crippen molar-refractivity contribution < 1.29 is 4.74 Å². The lowest BCUT2D eigenvalue weighted by Crippen LogP contribution is -2.01. The molecule has 0 saturated carbocycles. The number of rotatable bonds is 2. The summed E-state index contributed by atoms with van der Waals surface area (Å²) in [5.41, 5.74) is -0.184. The molecule has 0 aliphatic carbocycles. The molecular formula is C11H7Cl2NO2. The maximum atomic E-state index is 10.8. The van der Waals surface area contributed by atoms with E-state index in [4.69, 9.17) is 27.9 Å². The van der Waals surface area contributed by atoms with E-state index in [1.165, 1.54) is 12.3 Å². The highest BCUT2D eigenvalue weighted by atomic mass is 35.5. The second-order valence-corrected chi connectivity index (χ2v) is 3.97. The van der Waals surface area contributed by atoms with Crippen LogP contribution in [0.4, 0.5) is 0 Å². The zero-order valence-electron chi connectivity index (χ0n) is 8.04. The molecule has 1 aromatic carbocycles. The largest absolute Gasteiger partial charge is 0.456 e. The van der Waals surface area contributed by atoms with Gasteiger partial charge in [-0.05, 0) is 24.3 Å². The lowest BCUT2D eigenvalue weighted by Gasteiger charge is -2.05. The fraction of sp³-hybridized carbons (Fsp3) is 0. The molecule has 0 amide bonds. The molecule has 0 saturated heterocycles. The molecule has 1 heterocycles. The summed E-state index contributed by atoms with van der Waals surface area (Å²) in [5.74, 6) is 1.03. The molecule has 5 heteroatoms. The van der Waals surface area contributed by atoms with E-state index in [1.54, 1.807) is 24.3 Å². The topological polar surface area (TPSA) is 42.1 Å². The zero-order valence-corrected chi connectivity index (χ0v) is 9.55. The van der Waals surface area contributed by atoms with E-state index in [0.717, 1.165) is 0 Å². The van der Waals surface area contributed by atoms with Gasteiger partial charge in [0.1, 0.15) is 11.5 Å². The highest BCUT2D eigenvalue weighted by molar-refractivity contribution is 6.34. The molecule has 0 radical (unpaired) electrons. The number of nitrogens with one attached hydrogen (secondary N) is 1. The third-order valence-electron chi connectivity index (χ3n) is 1.83. The molecule has 16 heavy (non-hydrogen) atoms. The van der Waals surface area contributed by atoms with Gasteiger partial charge in [0.2, 0.25) is 5.56 Å². The number of aromatic nitrogens is 1. The fourth-order valence-corrected chi connectivity index (χ4v) is 1.69. The predicted octanol–water partition coefficient (Wildman–Crippen LogP) is 3.47. The van der Waals surface area contributed by atoms with Crippen LogP contribution >= 0.6 is 23.2 Å². The molecule has 0 aliphatic heterocycles. The molecule has 3 nitrogen and oxygen atoms in total. The SMILES string of the molecule is O=c1ccc(Oc2cc(Cl)cc(Cl)c2)c[nH]1. The van der Waals surface area contributed by atoms with Crippen LogP contribution in [-0.2, 0) is 0 Å². The average molecular weight is 256 g/mol. The van der Waals surface area contributed by atoms with Crippen LogP contribution in [0.15, 0.2) is 41.3 Å². The van der Waals surface area contributed by atoms with Gasteiger partial charge in [-0.1, -0.05) is 23.2 Å². The van der Waals surface area contributed by atoms with E-state index in [2.05, 4.69) is 4.98 Å². The van der Waals surface area contributed by atoms with Crippen molar-refractivity contribution in [1.82, 2.24) is 4.98 Å². The quantitative estimate of drug-likeness (QED) is 0.893. The predicted molar refractivity (Wildman–Crippen MR) is 63.6 cm³/mol. The van der Waals surface area contributed by atoms with Crippen molar-refractivity contribution >= 4 is 23.2 Å². The van der Waals surface area contributed by atoms with E-state index in [1.807, 2.05) is 0 Å². The van der Waals surface area contributed by atoms with Gasteiger partial charge in [0.25, 0.3) is 0 Å². The molecule has 1 aromatic heterocycles. The summed E-state index contributed by atoms with van der Waals surface area (Å²) in [6.45, 7) is 0. The first kappa shape index (κ1) is 11.0. The first-order valence-electron chi connectivity index (χ1n) is 4.46. The third kappa shape index (κ3) is 2.78. The minimum Gasteiger partial charge on any atom is -0.456 e. The molecule has 0 aliphatic rings. The van der Waals surface area contributed by atoms with Crippen LogP contribution in [0, 0.1) is 0 Å². The second kappa shape index (κ2) is 4.60. The Bertz CT molecular complexity index is 525. The minimum absolute atomic E-state index is 0.184. The maximum absolute atomic E-state index is 10.8. The maximum Gasteiger partial charge on any atom is 0.248 e. The van der Waals surface area contributed by atoms with Crippen LogP contribution < -0.4 is 10.3 Å². The number of pyridine rings is 1. The van der Waals surface area contributed by atoms with Gasteiger partial charge in [0.05, 0.1) is 0 Å². The van der Waals surface area contributed by atoms with Crippen molar-refractivity contribution in [1.29, 1.82) is 0 Å². The molecule has 0 atom stereocenters. The van der Waals surface area contributed by atoms with Crippen LogP contribution in [-0.4, -0.2) is 4.98 Å². The minimum atomic E-state index is -0.184. The van der Waals surface area contributed by atoms with Gasteiger partial charge in [0.15, 0.2) is 0 Å². The standard InChI is InChI=1S/C11H7Cl2NO2/c12-7-3-8(13)5-10(4-7)16-9-1-2-11(15)14-6-9/h1-6H,(H,14,15). The van der Waals surface area contributed by atoms with Crippen LogP contribution in [0.25, 0.3) is 0 Å². The Hall–Kier alpha value is -1.45. The van der Waals surface area contributed by atoms with E-state index < -0.39 is 0 Å². The second-order valence-electron chi connectivity index (χ2n) is 3.10. The van der Waals surface area contributed by atoms with Gasteiger partial charge in [-0.15, -0.1) is 0 Å².